The third-order valence-corrected chi connectivity index (χ3v) is 4.37. The summed E-state index contributed by atoms with van der Waals surface area (Å²) in [4.78, 5) is 24.7. The summed E-state index contributed by atoms with van der Waals surface area (Å²) in [7, 11) is 0. The van der Waals surface area contributed by atoms with Gasteiger partial charge in [0.15, 0.2) is 6.61 Å². The maximum Gasteiger partial charge on any atom is 0.262 e. The van der Waals surface area contributed by atoms with Crippen LogP contribution in [-0.2, 0) is 4.79 Å². The molecule has 1 aromatic heterocycles. The number of amides is 1. The molecule has 6 heteroatoms. The summed E-state index contributed by atoms with van der Waals surface area (Å²) in [6.45, 7) is -0.191. The highest BCUT2D eigenvalue weighted by Gasteiger charge is 2.10. The molecular formula is C21H14ClNO4. The van der Waals surface area contributed by atoms with Crippen molar-refractivity contribution in [1.82, 2.24) is 0 Å². The molecule has 5 nitrogen and oxygen atoms in total. The first-order valence-corrected chi connectivity index (χ1v) is 8.62. The van der Waals surface area contributed by atoms with Crippen molar-refractivity contribution >= 4 is 45.1 Å². The van der Waals surface area contributed by atoms with E-state index in [0.717, 1.165) is 0 Å². The topological polar surface area (TPSA) is 68.5 Å². The number of anilines is 1. The van der Waals surface area contributed by atoms with Gasteiger partial charge in [-0.2, -0.15) is 0 Å². The van der Waals surface area contributed by atoms with Gasteiger partial charge in [0.05, 0.1) is 15.8 Å². The number of ether oxygens (including phenoxy) is 1. The minimum Gasteiger partial charge on any atom is -0.482 e. The largest absolute Gasteiger partial charge is 0.482 e. The Morgan fingerprint density at radius 1 is 0.963 bits per heavy atom. The van der Waals surface area contributed by atoms with Crippen molar-refractivity contribution in [2.24, 2.45) is 0 Å². The summed E-state index contributed by atoms with van der Waals surface area (Å²) in [5.41, 5.74) is 1.31. The zero-order valence-corrected chi connectivity index (χ0v) is 14.8. The maximum absolute atomic E-state index is 12.5. The average molecular weight is 380 g/mol. The standard InChI is InChI=1S/C21H14ClNO4/c22-16-6-2-4-8-18(16)26-12-20(24)23-13-9-10-15-19(11-13)27-17-7-3-1-5-14(17)21(15)25/h1-11H,12H2,(H,23,24). The van der Waals surface area contributed by atoms with Crippen molar-refractivity contribution in [3.05, 3.63) is 82.0 Å². The van der Waals surface area contributed by atoms with E-state index in [0.29, 0.717) is 38.4 Å². The lowest BCUT2D eigenvalue weighted by molar-refractivity contribution is -0.118. The Bertz CT molecular complexity index is 1220. The number of carbonyl (C=O) groups is 1. The number of halogens is 1. The van der Waals surface area contributed by atoms with E-state index in [9.17, 15) is 9.59 Å². The average Bonchev–Trinajstić information content (AvgIpc) is 2.67. The Kier molecular flexibility index (Phi) is 4.52. The SMILES string of the molecule is O=C(COc1ccccc1Cl)Nc1ccc2c(=O)c3ccccc3oc2c1. The Balaban J connectivity index is 1.55. The predicted molar refractivity (Wildman–Crippen MR) is 106 cm³/mol. The number of rotatable bonds is 4. The zero-order valence-electron chi connectivity index (χ0n) is 14.1. The second-order valence-electron chi connectivity index (χ2n) is 5.91. The van der Waals surface area contributed by atoms with Crippen LogP contribution < -0.4 is 15.5 Å². The molecule has 4 aromatic rings. The van der Waals surface area contributed by atoms with Crippen LogP contribution in [0.3, 0.4) is 0 Å². The fourth-order valence-electron chi connectivity index (χ4n) is 2.78. The number of nitrogens with one attached hydrogen (secondary N) is 1. The van der Waals surface area contributed by atoms with E-state index in [1.54, 1.807) is 66.7 Å². The molecule has 134 valence electrons. The van der Waals surface area contributed by atoms with Crippen LogP contribution in [-0.4, -0.2) is 12.5 Å². The van der Waals surface area contributed by atoms with E-state index < -0.39 is 0 Å². The van der Waals surface area contributed by atoms with E-state index in [-0.39, 0.29) is 17.9 Å². The lowest BCUT2D eigenvalue weighted by Crippen LogP contribution is -2.20. The summed E-state index contributed by atoms with van der Waals surface area (Å²) in [6, 6.07) is 18.9. The molecule has 0 aliphatic rings. The lowest BCUT2D eigenvalue weighted by Gasteiger charge is -2.09. The molecule has 0 atom stereocenters. The number of para-hydroxylation sites is 2. The highest BCUT2D eigenvalue weighted by Crippen LogP contribution is 2.24. The summed E-state index contributed by atoms with van der Waals surface area (Å²) in [5, 5.41) is 4.14. The van der Waals surface area contributed by atoms with Crippen LogP contribution in [0.5, 0.6) is 5.75 Å². The molecule has 0 saturated carbocycles. The predicted octanol–water partition coefficient (Wildman–Crippen LogP) is 4.62. The number of fused-ring (bicyclic) bond motifs is 2. The van der Waals surface area contributed by atoms with Crippen molar-refractivity contribution < 1.29 is 13.9 Å². The van der Waals surface area contributed by atoms with E-state index >= 15 is 0 Å². The van der Waals surface area contributed by atoms with Gasteiger partial charge in [0.2, 0.25) is 5.43 Å². The minimum atomic E-state index is -0.350. The van der Waals surface area contributed by atoms with Gasteiger partial charge in [-0.15, -0.1) is 0 Å². The maximum atomic E-state index is 12.5. The minimum absolute atomic E-state index is 0.105. The fraction of sp³-hybridized carbons (Fsp3) is 0.0476. The monoisotopic (exact) mass is 379 g/mol. The number of hydrogen-bond acceptors (Lipinski definition) is 4. The molecule has 3 aromatic carbocycles. The molecule has 0 radical (unpaired) electrons. The summed E-state index contributed by atoms with van der Waals surface area (Å²) < 4.78 is 11.2. The smallest absolute Gasteiger partial charge is 0.262 e. The van der Waals surface area contributed by atoms with Crippen molar-refractivity contribution in [1.29, 1.82) is 0 Å². The molecule has 1 amide bonds. The summed E-state index contributed by atoms with van der Waals surface area (Å²) >= 11 is 6.00. The number of hydrogen-bond donors (Lipinski definition) is 1. The van der Waals surface area contributed by atoms with Crippen LogP contribution in [0.25, 0.3) is 21.9 Å². The Labute approximate surface area is 159 Å². The molecule has 0 aliphatic carbocycles. The van der Waals surface area contributed by atoms with Gasteiger partial charge in [-0.25, -0.2) is 0 Å². The molecular weight excluding hydrogens is 366 g/mol. The first-order valence-electron chi connectivity index (χ1n) is 8.24. The van der Waals surface area contributed by atoms with Gasteiger partial charge < -0.3 is 14.5 Å². The first kappa shape index (κ1) is 17.1. The van der Waals surface area contributed by atoms with E-state index in [2.05, 4.69) is 5.32 Å². The van der Waals surface area contributed by atoms with Crippen molar-refractivity contribution in [2.45, 2.75) is 0 Å². The van der Waals surface area contributed by atoms with Gasteiger partial charge in [-0.3, -0.25) is 9.59 Å². The number of carbonyl (C=O) groups excluding carboxylic acids is 1. The highest BCUT2D eigenvalue weighted by molar-refractivity contribution is 6.32. The van der Waals surface area contributed by atoms with Crippen LogP contribution in [0.15, 0.2) is 75.9 Å². The van der Waals surface area contributed by atoms with E-state index in [1.807, 2.05) is 0 Å². The van der Waals surface area contributed by atoms with Crippen LogP contribution in [0.1, 0.15) is 0 Å². The normalized spacial score (nSPS) is 10.9. The van der Waals surface area contributed by atoms with Gasteiger partial charge >= 0.3 is 0 Å². The molecule has 0 bridgehead atoms. The zero-order chi connectivity index (χ0) is 18.8. The summed E-state index contributed by atoms with van der Waals surface area (Å²) in [5.74, 6) is 0.0858. The highest BCUT2D eigenvalue weighted by atomic mass is 35.5. The van der Waals surface area contributed by atoms with Crippen molar-refractivity contribution in [3.8, 4) is 5.75 Å². The van der Waals surface area contributed by atoms with Crippen LogP contribution in [0.2, 0.25) is 5.02 Å². The third kappa shape index (κ3) is 3.50. The quantitative estimate of drug-likeness (QED) is 0.525. The molecule has 4 rings (SSSR count). The molecule has 1 N–H and O–H groups in total. The summed E-state index contributed by atoms with van der Waals surface area (Å²) in [6.07, 6.45) is 0. The van der Waals surface area contributed by atoms with Crippen LogP contribution in [0, 0.1) is 0 Å². The molecule has 0 spiro atoms. The molecule has 0 saturated heterocycles. The number of benzene rings is 3. The Morgan fingerprint density at radius 2 is 1.70 bits per heavy atom. The molecule has 1 heterocycles. The van der Waals surface area contributed by atoms with E-state index in [1.165, 1.54) is 0 Å². The van der Waals surface area contributed by atoms with Gasteiger partial charge in [-0.1, -0.05) is 35.9 Å². The molecule has 27 heavy (non-hydrogen) atoms. The van der Waals surface area contributed by atoms with Crippen molar-refractivity contribution in [3.63, 3.8) is 0 Å². The third-order valence-electron chi connectivity index (χ3n) is 4.06. The van der Waals surface area contributed by atoms with Crippen LogP contribution in [0.4, 0.5) is 5.69 Å². The van der Waals surface area contributed by atoms with E-state index in [4.69, 9.17) is 20.8 Å². The fourth-order valence-corrected chi connectivity index (χ4v) is 2.97. The molecule has 0 fully saturated rings. The second kappa shape index (κ2) is 7.13. The van der Waals surface area contributed by atoms with Gasteiger partial charge in [0, 0.05) is 11.8 Å². The van der Waals surface area contributed by atoms with Gasteiger partial charge in [-0.05, 0) is 36.4 Å². The van der Waals surface area contributed by atoms with Crippen LogP contribution >= 0.6 is 11.6 Å². The molecule has 0 aliphatic heterocycles. The van der Waals surface area contributed by atoms with Gasteiger partial charge in [0.25, 0.3) is 5.91 Å². The molecule has 0 unspecified atom stereocenters. The lowest BCUT2D eigenvalue weighted by atomic mass is 10.1. The first-order chi connectivity index (χ1) is 13.1. The Morgan fingerprint density at radius 3 is 2.56 bits per heavy atom. The second-order valence-corrected chi connectivity index (χ2v) is 6.31. The Hall–Kier alpha value is -3.31. The van der Waals surface area contributed by atoms with Gasteiger partial charge in [0.1, 0.15) is 16.9 Å². The van der Waals surface area contributed by atoms with Crippen molar-refractivity contribution in [2.75, 3.05) is 11.9 Å².